The Morgan fingerprint density at radius 3 is 2.71 bits per heavy atom. The van der Waals surface area contributed by atoms with Crippen molar-refractivity contribution in [1.82, 2.24) is 10.3 Å². The van der Waals surface area contributed by atoms with Crippen LogP contribution in [-0.2, 0) is 9.84 Å². The van der Waals surface area contributed by atoms with Gasteiger partial charge in [-0.15, -0.1) is 0 Å². The maximum atomic E-state index is 11.2. The number of hydrogen-bond acceptors (Lipinski definition) is 3. The van der Waals surface area contributed by atoms with Crippen molar-refractivity contribution in [3.8, 4) is 0 Å². The fourth-order valence-electron chi connectivity index (χ4n) is 1.77. The number of rotatable bonds is 2. The zero-order valence-corrected chi connectivity index (χ0v) is 8.89. The Morgan fingerprint density at radius 2 is 2.21 bits per heavy atom. The summed E-state index contributed by atoms with van der Waals surface area (Å²) in [6.45, 7) is 1.95. The highest BCUT2D eigenvalue weighted by molar-refractivity contribution is 7.90. The van der Waals surface area contributed by atoms with E-state index in [0.717, 1.165) is 25.2 Å². The third-order valence-electron chi connectivity index (χ3n) is 2.58. The van der Waals surface area contributed by atoms with Crippen molar-refractivity contribution >= 4 is 9.84 Å². The van der Waals surface area contributed by atoms with E-state index in [1.54, 1.807) is 6.07 Å². The fraction of sp³-hybridized carbons (Fsp3) is 0.556. The summed E-state index contributed by atoms with van der Waals surface area (Å²) in [4.78, 5) is 2.97. The maximum Gasteiger partial charge on any atom is 0.190 e. The van der Waals surface area contributed by atoms with Gasteiger partial charge in [0.2, 0.25) is 0 Å². The molecule has 14 heavy (non-hydrogen) atoms. The summed E-state index contributed by atoms with van der Waals surface area (Å²) in [6, 6.07) is 3.51. The summed E-state index contributed by atoms with van der Waals surface area (Å²) in [7, 11) is -3.09. The van der Waals surface area contributed by atoms with Gasteiger partial charge in [0.25, 0.3) is 0 Å². The minimum Gasteiger partial charge on any atom is -0.349 e. The molecule has 1 aliphatic heterocycles. The molecule has 0 aliphatic carbocycles. The van der Waals surface area contributed by atoms with Gasteiger partial charge >= 0.3 is 0 Å². The van der Waals surface area contributed by atoms with Crippen molar-refractivity contribution in [2.45, 2.75) is 17.4 Å². The molecule has 1 atom stereocenters. The normalized spacial score (nSPS) is 22.8. The van der Waals surface area contributed by atoms with E-state index < -0.39 is 9.84 Å². The van der Waals surface area contributed by atoms with Gasteiger partial charge in [-0.2, -0.15) is 0 Å². The van der Waals surface area contributed by atoms with Gasteiger partial charge in [-0.25, -0.2) is 8.42 Å². The van der Waals surface area contributed by atoms with E-state index in [2.05, 4.69) is 10.3 Å². The van der Waals surface area contributed by atoms with Crippen molar-refractivity contribution in [1.29, 1.82) is 0 Å². The lowest BCUT2D eigenvalue weighted by Crippen LogP contribution is -2.08. The Morgan fingerprint density at radius 1 is 1.43 bits per heavy atom. The second-order valence-corrected chi connectivity index (χ2v) is 5.72. The molecule has 0 radical (unpaired) electrons. The first-order valence-electron chi connectivity index (χ1n) is 4.67. The molecular weight excluding hydrogens is 200 g/mol. The molecule has 2 rings (SSSR count). The SMILES string of the molecule is CS(=O)(=O)c1ccc(C2CCNC2)[nH]1. The van der Waals surface area contributed by atoms with Crippen LogP contribution in [0.15, 0.2) is 17.2 Å². The molecule has 1 saturated heterocycles. The lowest BCUT2D eigenvalue weighted by atomic mass is 10.1. The molecule has 1 unspecified atom stereocenters. The standard InChI is InChI=1S/C9H14N2O2S/c1-14(12,13)9-3-2-8(11-9)7-4-5-10-6-7/h2-3,7,10-11H,4-6H2,1H3. The second-order valence-electron chi connectivity index (χ2n) is 3.74. The summed E-state index contributed by atoms with van der Waals surface area (Å²) in [5.41, 5.74) is 1.02. The van der Waals surface area contributed by atoms with Crippen LogP contribution in [-0.4, -0.2) is 32.7 Å². The average molecular weight is 214 g/mol. The molecule has 2 N–H and O–H groups in total. The first kappa shape index (κ1) is 9.73. The molecule has 0 aromatic carbocycles. The van der Waals surface area contributed by atoms with Gasteiger partial charge in [0.1, 0.15) is 5.03 Å². The smallest absolute Gasteiger partial charge is 0.190 e. The van der Waals surface area contributed by atoms with Crippen molar-refractivity contribution < 1.29 is 8.42 Å². The number of sulfone groups is 1. The third-order valence-corrected chi connectivity index (χ3v) is 3.62. The van der Waals surface area contributed by atoms with Crippen LogP contribution in [0.2, 0.25) is 0 Å². The van der Waals surface area contributed by atoms with Gasteiger partial charge in [-0.3, -0.25) is 0 Å². The lowest BCUT2D eigenvalue weighted by molar-refractivity contribution is 0.598. The Kier molecular flexibility index (Phi) is 2.36. The predicted molar refractivity (Wildman–Crippen MR) is 54.1 cm³/mol. The molecule has 2 heterocycles. The van der Waals surface area contributed by atoms with Crippen molar-refractivity contribution in [2.24, 2.45) is 0 Å². The lowest BCUT2D eigenvalue weighted by Gasteiger charge is -2.04. The Balaban J connectivity index is 2.25. The molecule has 1 fully saturated rings. The highest BCUT2D eigenvalue weighted by Gasteiger charge is 2.19. The fourth-order valence-corrected chi connectivity index (χ4v) is 2.38. The Hall–Kier alpha value is -0.810. The van der Waals surface area contributed by atoms with Crippen LogP contribution >= 0.6 is 0 Å². The quantitative estimate of drug-likeness (QED) is 0.753. The topological polar surface area (TPSA) is 62.0 Å². The maximum absolute atomic E-state index is 11.2. The monoisotopic (exact) mass is 214 g/mol. The van der Waals surface area contributed by atoms with Gasteiger partial charge in [0.05, 0.1) is 0 Å². The number of H-pyrrole nitrogens is 1. The van der Waals surface area contributed by atoms with Crippen molar-refractivity contribution in [3.05, 3.63) is 17.8 Å². The molecule has 78 valence electrons. The average Bonchev–Trinajstić information content (AvgIpc) is 2.73. The highest BCUT2D eigenvalue weighted by Crippen LogP contribution is 2.22. The molecule has 1 aromatic rings. The van der Waals surface area contributed by atoms with E-state index in [0.29, 0.717) is 10.9 Å². The first-order valence-corrected chi connectivity index (χ1v) is 6.56. The number of aromatic nitrogens is 1. The van der Waals surface area contributed by atoms with Gasteiger partial charge in [0.15, 0.2) is 9.84 Å². The summed E-state index contributed by atoms with van der Waals surface area (Å²) in [5.74, 6) is 0.436. The Bertz CT molecular complexity index is 416. The predicted octanol–water partition coefficient (Wildman–Crippen LogP) is 0.495. The minimum absolute atomic E-state index is 0.319. The van der Waals surface area contributed by atoms with E-state index in [-0.39, 0.29) is 0 Å². The summed E-state index contributed by atoms with van der Waals surface area (Å²) in [6.07, 6.45) is 2.29. The van der Waals surface area contributed by atoms with E-state index >= 15 is 0 Å². The minimum atomic E-state index is -3.09. The summed E-state index contributed by atoms with van der Waals surface area (Å²) >= 11 is 0. The van der Waals surface area contributed by atoms with E-state index in [9.17, 15) is 8.42 Å². The molecular formula is C9H14N2O2S. The second kappa shape index (κ2) is 3.40. The zero-order valence-electron chi connectivity index (χ0n) is 8.08. The van der Waals surface area contributed by atoms with E-state index in [4.69, 9.17) is 0 Å². The molecule has 1 aliphatic rings. The Labute approximate surface area is 83.6 Å². The number of hydrogen-bond donors (Lipinski definition) is 2. The van der Waals surface area contributed by atoms with Gasteiger partial charge < -0.3 is 10.3 Å². The molecule has 0 spiro atoms. The zero-order chi connectivity index (χ0) is 10.2. The molecule has 0 saturated carbocycles. The summed E-state index contributed by atoms with van der Waals surface area (Å²) in [5, 5.41) is 3.57. The molecule has 0 bridgehead atoms. The molecule has 1 aromatic heterocycles. The van der Waals surface area contributed by atoms with E-state index in [1.165, 1.54) is 6.26 Å². The third kappa shape index (κ3) is 1.83. The largest absolute Gasteiger partial charge is 0.349 e. The van der Waals surface area contributed by atoms with Crippen LogP contribution in [0.5, 0.6) is 0 Å². The molecule has 0 amide bonds. The van der Waals surface area contributed by atoms with Gasteiger partial charge in [-0.05, 0) is 25.1 Å². The highest BCUT2D eigenvalue weighted by atomic mass is 32.2. The van der Waals surface area contributed by atoms with Crippen molar-refractivity contribution in [3.63, 3.8) is 0 Å². The number of aromatic amines is 1. The number of nitrogens with one attached hydrogen (secondary N) is 2. The van der Waals surface area contributed by atoms with Crippen LogP contribution in [0.3, 0.4) is 0 Å². The molecule has 5 heteroatoms. The van der Waals surface area contributed by atoms with Crippen molar-refractivity contribution in [2.75, 3.05) is 19.3 Å². The van der Waals surface area contributed by atoms with E-state index in [1.807, 2.05) is 6.07 Å². The first-order chi connectivity index (χ1) is 6.57. The molecule has 4 nitrogen and oxygen atoms in total. The van der Waals surface area contributed by atoms with Crippen LogP contribution in [0.4, 0.5) is 0 Å². The van der Waals surface area contributed by atoms with Crippen LogP contribution in [0.1, 0.15) is 18.0 Å². The summed E-state index contributed by atoms with van der Waals surface area (Å²) < 4.78 is 22.4. The van der Waals surface area contributed by atoms with Gasteiger partial charge in [0, 0.05) is 24.4 Å². The van der Waals surface area contributed by atoms with Crippen LogP contribution < -0.4 is 5.32 Å². The van der Waals surface area contributed by atoms with Gasteiger partial charge in [-0.1, -0.05) is 0 Å². The van der Waals surface area contributed by atoms with Crippen LogP contribution in [0, 0.1) is 0 Å². The van der Waals surface area contributed by atoms with Crippen LogP contribution in [0.25, 0.3) is 0 Å².